The molecule has 5 amide bonds. The van der Waals surface area contributed by atoms with Crippen molar-refractivity contribution in [1.82, 2.24) is 36.9 Å². The fraction of sp³-hybridized carbons (Fsp3) is 0.594. The average molecular weight is 644 g/mol. The molecule has 256 valence electrons. The SMILES string of the molecule is NCCCCNCCC(=O)NCCCCNCC(=O)NCCCCCNC(=O)C(CC(N)=O)NC(=O)Cc1c[nH]c2ccccc12. The molecule has 0 aliphatic rings. The van der Waals surface area contributed by atoms with Gasteiger partial charge in [-0.15, -0.1) is 0 Å². The molecule has 2 rings (SSSR count). The van der Waals surface area contributed by atoms with Crippen LogP contribution in [0.1, 0.15) is 63.4 Å². The average Bonchev–Trinajstić information content (AvgIpc) is 3.43. The fourth-order valence-corrected chi connectivity index (χ4v) is 4.77. The highest BCUT2D eigenvalue weighted by Gasteiger charge is 2.23. The highest BCUT2D eigenvalue weighted by Crippen LogP contribution is 2.18. The number of carbonyl (C=O) groups excluding carboxylic acids is 5. The normalized spacial score (nSPS) is 11.6. The first-order chi connectivity index (χ1) is 22.3. The van der Waals surface area contributed by atoms with E-state index < -0.39 is 17.9 Å². The van der Waals surface area contributed by atoms with Crippen LogP contribution in [-0.2, 0) is 30.4 Å². The minimum atomic E-state index is -1.05. The van der Waals surface area contributed by atoms with Gasteiger partial charge in [0, 0.05) is 49.7 Å². The van der Waals surface area contributed by atoms with Crippen molar-refractivity contribution in [2.45, 2.75) is 70.3 Å². The van der Waals surface area contributed by atoms with Crippen LogP contribution >= 0.6 is 0 Å². The van der Waals surface area contributed by atoms with Crippen LogP contribution in [0.15, 0.2) is 30.5 Å². The van der Waals surface area contributed by atoms with Crippen LogP contribution in [0.5, 0.6) is 0 Å². The lowest BCUT2D eigenvalue weighted by atomic mass is 10.1. The van der Waals surface area contributed by atoms with Crippen molar-refractivity contribution in [3.8, 4) is 0 Å². The molecule has 0 aliphatic carbocycles. The quantitative estimate of drug-likeness (QED) is 0.0616. The number of para-hydroxylation sites is 1. The number of fused-ring (bicyclic) bond motifs is 1. The van der Waals surface area contributed by atoms with Crippen molar-refractivity contribution in [2.75, 3.05) is 52.4 Å². The van der Waals surface area contributed by atoms with Gasteiger partial charge in [0.05, 0.1) is 19.4 Å². The summed E-state index contributed by atoms with van der Waals surface area (Å²) in [7, 11) is 0. The first kappa shape index (κ1) is 38.2. The summed E-state index contributed by atoms with van der Waals surface area (Å²) < 4.78 is 0. The molecule has 0 bridgehead atoms. The topological polar surface area (TPSA) is 225 Å². The standard InChI is InChI=1S/C32H53N9O5/c33-13-4-7-14-35-19-12-29(43)37-17-9-8-15-36-23-31(45)38-16-5-1-6-18-39-32(46)27(21-28(34)42)41-30(44)20-24-22-40-26-11-3-2-10-25(24)26/h2-3,10-11,22,27,35-36,40H,1,4-9,12-21,23,33H2,(H2,34,42)(H,37,43)(H,38,45)(H,39,46)(H,41,44). The van der Waals surface area contributed by atoms with Gasteiger partial charge in [-0.25, -0.2) is 0 Å². The Morgan fingerprint density at radius 3 is 2.13 bits per heavy atom. The zero-order chi connectivity index (χ0) is 33.4. The Hall–Kier alpha value is -4.01. The van der Waals surface area contributed by atoms with Gasteiger partial charge in [0.15, 0.2) is 0 Å². The van der Waals surface area contributed by atoms with E-state index in [-0.39, 0.29) is 37.1 Å². The van der Waals surface area contributed by atoms with Crippen molar-refractivity contribution in [3.05, 3.63) is 36.0 Å². The summed E-state index contributed by atoms with van der Waals surface area (Å²) in [6.07, 6.45) is 7.87. The van der Waals surface area contributed by atoms with Crippen LogP contribution in [-0.4, -0.2) is 92.9 Å². The van der Waals surface area contributed by atoms with Crippen molar-refractivity contribution in [1.29, 1.82) is 0 Å². The zero-order valence-electron chi connectivity index (χ0n) is 26.9. The number of amides is 5. The number of benzene rings is 1. The monoisotopic (exact) mass is 643 g/mol. The van der Waals surface area contributed by atoms with Gasteiger partial charge in [0.2, 0.25) is 29.5 Å². The predicted molar refractivity (Wildman–Crippen MR) is 179 cm³/mol. The van der Waals surface area contributed by atoms with E-state index in [0.717, 1.165) is 61.5 Å². The molecule has 14 nitrogen and oxygen atoms in total. The van der Waals surface area contributed by atoms with Crippen molar-refractivity contribution < 1.29 is 24.0 Å². The number of hydrogen-bond donors (Lipinski definition) is 9. The molecule has 0 fully saturated rings. The minimum absolute atomic E-state index is 0.0370. The molecule has 1 heterocycles. The Morgan fingerprint density at radius 1 is 0.717 bits per heavy atom. The third-order valence-electron chi connectivity index (χ3n) is 7.28. The van der Waals surface area contributed by atoms with Gasteiger partial charge in [0.25, 0.3) is 0 Å². The van der Waals surface area contributed by atoms with E-state index in [4.69, 9.17) is 11.5 Å². The third kappa shape index (κ3) is 16.9. The fourth-order valence-electron chi connectivity index (χ4n) is 4.77. The van der Waals surface area contributed by atoms with Crippen molar-refractivity contribution in [3.63, 3.8) is 0 Å². The Balaban J connectivity index is 1.47. The molecule has 46 heavy (non-hydrogen) atoms. The van der Waals surface area contributed by atoms with Gasteiger partial charge in [-0.1, -0.05) is 18.2 Å². The van der Waals surface area contributed by atoms with Gasteiger partial charge in [-0.05, 0) is 76.2 Å². The van der Waals surface area contributed by atoms with Crippen LogP contribution in [0.2, 0.25) is 0 Å². The second-order valence-corrected chi connectivity index (χ2v) is 11.3. The Bertz CT molecular complexity index is 1220. The van der Waals surface area contributed by atoms with E-state index in [9.17, 15) is 24.0 Å². The van der Waals surface area contributed by atoms with E-state index in [1.165, 1.54) is 0 Å². The maximum atomic E-state index is 12.7. The largest absolute Gasteiger partial charge is 0.370 e. The van der Waals surface area contributed by atoms with Crippen LogP contribution < -0.4 is 43.4 Å². The van der Waals surface area contributed by atoms with E-state index in [2.05, 4.69) is 36.9 Å². The summed E-state index contributed by atoms with van der Waals surface area (Å²) in [6.45, 7) is 4.66. The van der Waals surface area contributed by atoms with Crippen LogP contribution in [0.25, 0.3) is 10.9 Å². The molecule has 0 saturated heterocycles. The van der Waals surface area contributed by atoms with Crippen molar-refractivity contribution in [2.24, 2.45) is 11.5 Å². The molecule has 1 unspecified atom stereocenters. The van der Waals surface area contributed by atoms with Crippen LogP contribution in [0, 0.1) is 0 Å². The maximum Gasteiger partial charge on any atom is 0.243 e. The molecule has 1 atom stereocenters. The van der Waals surface area contributed by atoms with E-state index in [1.54, 1.807) is 6.20 Å². The third-order valence-corrected chi connectivity index (χ3v) is 7.28. The number of carbonyl (C=O) groups is 5. The zero-order valence-corrected chi connectivity index (χ0v) is 26.9. The summed E-state index contributed by atoms with van der Waals surface area (Å²) in [5, 5.41) is 18.4. The van der Waals surface area contributed by atoms with Crippen LogP contribution in [0.3, 0.4) is 0 Å². The van der Waals surface area contributed by atoms with Gasteiger partial charge in [-0.3, -0.25) is 24.0 Å². The number of rotatable bonds is 26. The van der Waals surface area contributed by atoms with E-state index in [0.29, 0.717) is 52.1 Å². The number of nitrogens with one attached hydrogen (secondary N) is 7. The van der Waals surface area contributed by atoms with Crippen molar-refractivity contribution >= 4 is 40.4 Å². The second-order valence-electron chi connectivity index (χ2n) is 11.3. The number of hydrogen-bond acceptors (Lipinski definition) is 8. The summed E-state index contributed by atoms with van der Waals surface area (Å²) in [4.78, 5) is 63.8. The summed E-state index contributed by atoms with van der Waals surface area (Å²) in [6, 6.07) is 6.55. The Morgan fingerprint density at radius 2 is 1.37 bits per heavy atom. The molecule has 1 aromatic heterocycles. The smallest absolute Gasteiger partial charge is 0.243 e. The molecule has 0 saturated carbocycles. The number of primary amides is 1. The number of aromatic nitrogens is 1. The Labute approximate surface area is 271 Å². The maximum absolute atomic E-state index is 12.7. The lowest BCUT2D eigenvalue weighted by Crippen LogP contribution is -2.49. The highest BCUT2D eigenvalue weighted by molar-refractivity contribution is 5.94. The number of H-pyrrole nitrogens is 1. The Kier molecular flexibility index (Phi) is 19.4. The molecular weight excluding hydrogens is 590 g/mol. The first-order valence-corrected chi connectivity index (χ1v) is 16.4. The van der Waals surface area contributed by atoms with Gasteiger partial charge < -0.3 is 48.4 Å². The van der Waals surface area contributed by atoms with Gasteiger partial charge in [0.1, 0.15) is 6.04 Å². The number of unbranched alkanes of at least 4 members (excludes halogenated alkanes) is 4. The molecule has 11 N–H and O–H groups in total. The summed E-state index contributed by atoms with van der Waals surface area (Å²) >= 11 is 0. The van der Waals surface area contributed by atoms with Gasteiger partial charge in [-0.2, -0.15) is 0 Å². The summed E-state index contributed by atoms with van der Waals surface area (Å²) in [5.74, 6) is -1.58. The first-order valence-electron chi connectivity index (χ1n) is 16.4. The lowest BCUT2D eigenvalue weighted by molar-refractivity contribution is -0.131. The molecule has 2 aromatic rings. The second kappa shape index (κ2) is 23.3. The predicted octanol–water partition coefficient (Wildman–Crippen LogP) is -0.322. The molecule has 1 aromatic carbocycles. The lowest BCUT2D eigenvalue weighted by Gasteiger charge is -2.17. The number of aromatic amines is 1. The molecule has 0 spiro atoms. The molecule has 0 aliphatic heterocycles. The highest BCUT2D eigenvalue weighted by atomic mass is 16.2. The summed E-state index contributed by atoms with van der Waals surface area (Å²) in [5.41, 5.74) is 12.5. The van der Waals surface area contributed by atoms with Crippen LogP contribution in [0.4, 0.5) is 0 Å². The van der Waals surface area contributed by atoms with E-state index in [1.807, 2.05) is 24.3 Å². The molecule has 14 heteroatoms. The minimum Gasteiger partial charge on any atom is -0.370 e. The molecule has 0 radical (unpaired) electrons. The molecular formula is C32H53N9O5. The number of nitrogens with two attached hydrogens (primary N) is 2. The van der Waals surface area contributed by atoms with Gasteiger partial charge >= 0.3 is 0 Å². The van der Waals surface area contributed by atoms with E-state index >= 15 is 0 Å².